The van der Waals surface area contributed by atoms with Crippen molar-refractivity contribution in [2.24, 2.45) is 0 Å². The number of nitrogens with zero attached hydrogens (tertiary/aromatic N) is 5. The predicted octanol–water partition coefficient (Wildman–Crippen LogP) is 2.29. The summed E-state index contributed by atoms with van der Waals surface area (Å²) in [6, 6.07) is 13.0. The molecule has 0 saturated carbocycles. The van der Waals surface area contributed by atoms with Crippen LogP contribution >= 0.6 is 0 Å². The molecule has 2 aromatic rings. The topological polar surface area (TPSA) is 35.5 Å². The van der Waals surface area contributed by atoms with Gasteiger partial charge in [0.2, 0.25) is 0 Å². The highest BCUT2D eigenvalue weighted by Crippen LogP contribution is 2.17. The van der Waals surface area contributed by atoms with Gasteiger partial charge in [0.05, 0.1) is 5.69 Å². The molecule has 3 rings (SSSR count). The maximum atomic E-state index is 4.36. The first kappa shape index (κ1) is 16.9. The van der Waals surface area contributed by atoms with Gasteiger partial charge in [-0.05, 0) is 32.2 Å². The van der Waals surface area contributed by atoms with Gasteiger partial charge in [0, 0.05) is 57.2 Å². The quantitative estimate of drug-likeness (QED) is 0.814. The second kappa shape index (κ2) is 8.22. The molecule has 1 fully saturated rings. The molecule has 0 N–H and O–H groups in total. The minimum absolute atomic E-state index is 0.318. The lowest BCUT2D eigenvalue weighted by Gasteiger charge is -2.37. The van der Waals surface area contributed by atoms with Gasteiger partial charge in [0.25, 0.3) is 0 Å². The molecule has 1 aromatic carbocycles. The van der Waals surface area contributed by atoms with Crippen molar-refractivity contribution in [3.05, 3.63) is 54.6 Å². The van der Waals surface area contributed by atoms with Gasteiger partial charge in [-0.2, -0.15) is 0 Å². The van der Waals surface area contributed by atoms with Crippen LogP contribution in [0, 0.1) is 0 Å². The van der Waals surface area contributed by atoms with Gasteiger partial charge in [0.15, 0.2) is 0 Å². The molecule has 24 heavy (non-hydrogen) atoms. The average molecular weight is 325 g/mol. The van der Waals surface area contributed by atoms with E-state index in [1.165, 1.54) is 5.69 Å². The van der Waals surface area contributed by atoms with Crippen molar-refractivity contribution in [3.8, 4) is 0 Å². The summed E-state index contributed by atoms with van der Waals surface area (Å²) >= 11 is 0. The molecule has 128 valence electrons. The van der Waals surface area contributed by atoms with Crippen molar-refractivity contribution in [1.29, 1.82) is 0 Å². The molecule has 1 atom stereocenters. The minimum atomic E-state index is 0.318. The maximum Gasteiger partial charge on any atom is 0.115 e. The Morgan fingerprint density at radius 3 is 2.50 bits per heavy atom. The number of para-hydroxylation sites is 1. The summed E-state index contributed by atoms with van der Waals surface area (Å²) in [5, 5.41) is 0. The fourth-order valence-corrected chi connectivity index (χ4v) is 3.14. The lowest BCUT2D eigenvalue weighted by molar-refractivity contribution is 0.188. The second-order valence-corrected chi connectivity index (χ2v) is 6.46. The van der Waals surface area contributed by atoms with Gasteiger partial charge in [-0.25, -0.2) is 9.97 Å². The van der Waals surface area contributed by atoms with Crippen molar-refractivity contribution >= 4 is 5.69 Å². The van der Waals surface area contributed by atoms with E-state index >= 15 is 0 Å². The van der Waals surface area contributed by atoms with E-state index in [9.17, 15) is 0 Å². The van der Waals surface area contributed by atoms with Crippen LogP contribution in [0.5, 0.6) is 0 Å². The Morgan fingerprint density at radius 2 is 1.83 bits per heavy atom. The molecule has 1 saturated heterocycles. The molecule has 0 radical (unpaired) electrons. The Labute approximate surface area is 144 Å². The molecule has 0 aliphatic carbocycles. The van der Waals surface area contributed by atoms with Gasteiger partial charge < -0.3 is 4.90 Å². The van der Waals surface area contributed by atoms with Gasteiger partial charge in [-0.3, -0.25) is 9.80 Å². The number of anilines is 1. The molecule has 1 aromatic heterocycles. The van der Waals surface area contributed by atoms with Gasteiger partial charge in [0.1, 0.15) is 6.33 Å². The van der Waals surface area contributed by atoms with E-state index < -0.39 is 0 Å². The minimum Gasteiger partial charge on any atom is -0.369 e. The first-order chi connectivity index (χ1) is 11.7. The highest BCUT2D eigenvalue weighted by Gasteiger charge is 2.18. The third kappa shape index (κ3) is 4.30. The molecule has 0 spiro atoms. The highest BCUT2D eigenvalue weighted by molar-refractivity contribution is 5.46. The molecule has 0 unspecified atom stereocenters. The van der Waals surface area contributed by atoms with Crippen molar-refractivity contribution in [1.82, 2.24) is 19.8 Å². The molecule has 1 aliphatic rings. The zero-order chi connectivity index (χ0) is 16.8. The number of hydrogen-bond donors (Lipinski definition) is 0. The van der Waals surface area contributed by atoms with Crippen molar-refractivity contribution in [2.75, 3.05) is 51.2 Å². The molecular formula is C19H27N5. The SMILES string of the molecule is C[C@H](c1ccncn1)N(C)CCN1CCN(c2ccccc2)CC1. The van der Waals surface area contributed by atoms with Crippen molar-refractivity contribution in [3.63, 3.8) is 0 Å². The van der Waals surface area contributed by atoms with E-state index in [1.807, 2.05) is 12.3 Å². The van der Waals surface area contributed by atoms with E-state index in [-0.39, 0.29) is 0 Å². The van der Waals surface area contributed by atoms with Crippen LogP contribution in [0.15, 0.2) is 48.9 Å². The van der Waals surface area contributed by atoms with Crippen molar-refractivity contribution in [2.45, 2.75) is 13.0 Å². The fourth-order valence-electron chi connectivity index (χ4n) is 3.14. The van der Waals surface area contributed by atoms with Gasteiger partial charge >= 0.3 is 0 Å². The van der Waals surface area contributed by atoms with Crippen LogP contribution in [0.25, 0.3) is 0 Å². The number of benzene rings is 1. The monoisotopic (exact) mass is 325 g/mol. The summed E-state index contributed by atoms with van der Waals surface area (Å²) in [4.78, 5) is 15.8. The van der Waals surface area contributed by atoms with Crippen LogP contribution in [-0.4, -0.2) is 66.1 Å². The first-order valence-corrected chi connectivity index (χ1v) is 8.72. The largest absolute Gasteiger partial charge is 0.369 e. The van der Waals surface area contributed by atoms with Crippen LogP contribution in [0.4, 0.5) is 5.69 Å². The van der Waals surface area contributed by atoms with Crippen LogP contribution in [0.3, 0.4) is 0 Å². The smallest absolute Gasteiger partial charge is 0.115 e. The lowest BCUT2D eigenvalue weighted by atomic mass is 10.2. The van der Waals surface area contributed by atoms with Crippen molar-refractivity contribution < 1.29 is 0 Å². The summed E-state index contributed by atoms with van der Waals surface area (Å²) < 4.78 is 0. The average Bonchev–Trinajstić information content (AvgIpc) is 2.67. The standard InChI is InChI=1S/C19H27N5/c1-17(19-8-9-20-16-21-19)22(2)10-11-23-12-14-24(15-13-23)18-6-4-3-5-7-18/h3-9,16-17H,10-15H2,1-2H3/t17-/m1/s1. The molecule has 2 heterocycles. The van der Waals surface area contributed by atoms with E-state index in [0.29, 0.717) is 6.04 Å². The molecule has 0 amide bonds. The summed E-state index contributed by atoms with van der Waals surface area (Å²) in [5.41, 5.74) is 2.42. The number of likely N-dealkylation sites (N-methyl/N-ethyl adjacent to an activating group) is 1. The number of rotatable bonds is 6. The molecule has 5 nitrogen and oxygen atoms in total. The summed E-state index contributed by atoms with van der Waals surface area (Å²) in [5.74, 6) is 0. The van der Waals surface area contributed by atoms with Crippen LogP contribution < -0.4 is 4.90 Å². The summed E-state index contributed by atoms with van der Waals surface area (Å²) in [6.45, 7) is 8.83. The van der Waals surface area contributed by atoms with E-state index in [0.717, 1.165) is 45.0 Å². The predicted molar refractivity (Wildman–Crippen MR) is 98.2 cm³/mol. The van der Waals surface area contributed by atoms with E-state index in [4.69, 9.17) is 0 Å². The van der Waals surface area contributed by atoms with E-state index in [1.54, 1.807) is 6.33 Å². The third-order valence-corrected chi connectivity index (χ3v) is 4.96. The second-order valence-electron chi connectivity index (χ2n) is 6.46. The molecule has 0 bridgehead atoms. The first-order valence-electron chi connectivity index (χ1n) is 8.72. The summed E-state index contributed by atoms with van der Waals surface area (Å²) in [7, 11) is 2.17. The molecule has 1 aliphatic heterocycles. The third-order valence-electron chi connectivity index (χ3n) is 4.96. The molecular weight excluding hydrogens is 298 g/mol. The normalized spacial score (nSPS) is 17.2. The number of hydrogen-bond acceptors (Lipinski definition) is 5. The van der Waals surface area contributed by atoms with Gasteiger partial charge in [-0.1, -0.05) is 18.2 Å². The lowest BCUT2D eigenvalue weighted by Crippen LogP contribution is -2.48. The Hall–Kier alpha value is -1.98. The van der Waals surface area contributed by atoms with Crippen LogP contribution in [0.2, 0.25) is 0 Å². The Morgan fingerprint density at radius 1 is 1.08 bits per heavy atom. The Balaban J connectivity index is 1.43. The zero-order valence-electron chi connectivity index (χ0n) is 14.7. The Bertz CT molecular complexity index is 596. The zero-order valence-corrected chi connectivity index (χ0v) is 14.7. The van der Waals surface area contributed by atoms with Gasteiger partial charge in [-0.15, -0.1) is 0 Å². The highest BCUT2D eigenvalue weighted by atomic mass is 15.3. The fraction of sp³-hybridized carbons (Fsp3) is 0.474. The van der Waals surface area contributed by atoms with Crippen LogP contribution in [0.1, 0.15) is 18.7 Å². The number of piperazine rings is 1. The Kier molecular flexibility index (Phi) is 5.77. The van der Waals surface area contributed by atoms with E-state index in [2.05, 4.69) is 69.0 Å². The maximum absolute atomic E-state index is 4.36. The molecule has 5 heteroatoms. The number of aromatic nitrogens is 2. The summed E-state index contributed by atoms with van der Waals surface area (Å²) in [6.07, 6.45) is 3.44. The van der Waals surface area contributed by atoms with Crippen LogP contribution in [-0.2, 0) is 0 Å².